The van der Waals surface area contributed by atoms with Gasteiger partial charge in [-0.15, -0.1) is 11.3 Å². The van der Waals surface area contributed by atoms with Crippen molar-refractivity contribution in [2.45, 2.75) is 20.8 Å². The Balaban J connectivity index is 2.40. The number of hydrogen-bond acceptors (Lipinski definition) is 5. The van der Waals surface area contributed by atoms with Gasteiger partial charge in [0, 0.05) is 17.7 Å². The molecule has 2 aromatic rings. The van der Waals surface area contributed by atoms with Crippen molar-refractivity contribution in [1.29, 1.82) is 0 Å². The van der Waals surface area contributed by atoms with Crippen molar-refractivity contribution in [1.82, 2.24) is 9.38 Å². The van der Waals surface area contributed by atoms with E-state index in [1.165, 1.54) is 15.7 Å². The first-order chi connectivity index (χ1) is 9.04. The normalized spacial score (nSPS) is 10.9. The smallest absolute Gasteiger partial charge is 0.282 e. The molecule has 7 heteroatoms. The van der Waals surface area contributed by atoms with Gasteiger partial charge in [0.05, 0.1) is 5.69 Å². The molecule has 2 heterocycles. The van der Waals surface area contributed by atoms with Crippen LogP contribution in [0.25, 0.3) is 4.96 Å². The minimum Gasteiger partial charge on any atom is -0.372 e. The molecule has 0 aliphatic carbocycles. The standard InChI is InChI=1S/C12H15N3O3S/c1-4-18-5-9(16)14-10-8(3)13-12-15(11(10)17)7(2)6-19-12/h6H,4-5H2,1-3H3,(H,14,16). The van der Waals surface area contributed by atoms with Crippen molar-refractivity contribution < 1.29 is 9.53 Å². The van der Waals surface area contributed by atoms with Gasteiger partial charge in [0.25, 0.3) is 11.5 Å². The lowest BCUT2D eigenvalue weighted by molar-refractivity contribution is -0.120. The van der Waals surface area contributed by atoms with E-state index in [4.69, 9.17) is 4.74 Å². The number of ether oxygens (including phenoxy) is 1. The maximum Gasteiger partial charge on any atom is 0.282 e. The zero-order chi connectivity index (χ0) is 14.0. The molecule has 102 valence electrons. The van der Waals surface area contributed by atoms with Crippen LogP contribution in [-0.2, 0) is 9.53 Å². The highest BCUT2D eigenvalue weighted by Gasteiger charge is 2.14. The van der Waals surface area contributed by atoms with Crippen molar-refractivity contribution >= 4 is 27.9 Å². The molecule has 0 spiro atoms. The van der Waals surface area contributed by atoms with Gasteiger partial charge in [-0.05, 0) is 20.8 Å². The lowest BCUT2D eigenvalue weighted by atomic mass is 10.3. The molecule has 0 unspecified atom stereocenters. The third-order valence-corrected chi connectivity index (χ3v) is 3.57. The van der Waals surface area contributed by atoms with Gasteiger partial charge in [0.2, 0.25) is 0 Å². The molecule has 0 aliphatic rings. The molecule has 0 bridgehead atoms. The van der Waals surface area contributed by atoms with Crippen LogP contribution >= 0.6 is 11.3 Å². The molecule has 0 aliphatic heterocycles. The number of aryl methyl sites for hydroxylation is 2. The number of fused-ring (bicyclic) bond motifs is 1. The van der Waals surface area contributed by atoms with Crippen LogP contribution in [0.15, 0.2) is 10.2 Å². The van der Waals surface area contributed by atoms with Crippen molar-refractivity contribution in [3.8, 4) is 0 Å². The quantitative estimate of drug-likeness (QED) is 0.918. The van der Waals surface area contributed by atoms with Gasteiger partial charge in [0.1, 0.15) is 12.3 Å². The molecular weight excluding hydrogens is 266 g/mol. The minimum absolute atomic E-state index is 0.0687. The van der Waals surface area contributed by atoms with Crippen molar-refractivity contribution in [2.24, 2.45) is 0 Å². The second-order valence-electron chi connectivity index (χ2n) is 4.06. The van der Waals surface area contributed by atoms with Crippen LogP contribution in [0.2, 0.25) is 0 Å². The van der Waals surface area contributed by atoms with Crippen molar-refractivity contribution in [3.05, 3.63) is 27.1 Å². The molecule has 2 aromatic heterocycles. The van der Waals surface area contributed by atoms with Crippen LogP contribution in [-0.4, -0.2) is 28.5 Å². The van der Waals surface area contributed by atoms with Gasteiger partial charge in [-0.2, -0.15) is 0 Å². The van der Waals surface area contributed by atoms with Gasteiger partial charge in [0.15, 0.2) is 4.96 Å². The summed E-state index contributed by atoms with van der Waals surface area (Å²) in [5, 5.41) is 4.42. The summed E-state index contributed by atoms with van der Waals surface area (Å²) < 4.78 is 6.50. The maximum absolute atomic E-state index is 12.3. The van der Waals surface area contributed by atoms with E-state index in [9.17, 15) is 9.59 Å². The van der Waals surface area contributed by atoms with Crippen LogP contribution in [0.5, 0.6) is 0 Å². The maximum atomic E-state index is 12.3. The van der Waals surface area contributed by atoms with E-state index < -0.39 is 0 Å². The predicted octanol–water partition coefficient (Wildman–Crippen LogP) is 1.35. The number of nitrogens with one attached hydrogen (secondary N) is 1. The van der Waals surface area contributed by atoms with Crippen LogP contribution in [0, 0.1) is 13.8 Å². The summed E-state index contributed by atoms with van der Waals surface area (Å²) in [6, 6.07) is 0. The number of thiazole rings is 1. The topological polar surface area (TPSA) is 72.7 Å². The Morgan fingerprint density at radius 3 is 2.95 bits per heavy atom. The molecule has 0 saturated carbocycles. The first-order valence-corrected chi connectivity index (χ1v) is 6.77. The largest absolute Gasteiger partial charge is 0.372 e. The zero-order valence-electron chi connectivity index (χ0n) is 11.0. The number of carbonyl (C=O) groups is 1. The molecule has 2 rings (SSSR count). The summed E-state index contributed by atoms with van der Waals surface area (Å²) in [4.78, 5) is 28.9. The summed E-state index contributed by atoms with van der Waals surface area (Å²) >= 11 is 1.40. The highest BCUT2D eigenvalue weighted by molar-refractivity contribution is 7.15. The average Bonchev–Trinajstić information content (AvgIpc) is 2.73. The Kier molecular flexibility index (Phi) is 3.96. The molecular formula is C12H15N3O3S. The van der Waals surface area contributed by atoms with Crippen LogP contribution in [0.4, 0.5) is 5.69 Å². The van der Waals surface area contributed by atoms with Crippen LogP contribution in [0.1, 0.15) is 18.3 Å². The predicted molar refractivity (Wildman–Crippen MR) is 73.9 cm³/mol. The van der Waals surface area contributed by atoms with Gasteiger partial charge < -0.3 is 10.1 Å². The number of anilines is 1. The third kappa shape index (κ3) is 2.66. The molecule has 1 N–H and O–H groups in total. The Labute approximate surface area is 114 Å². The van der Waals surface area contributed by atoms with E-state index >= 15 is 0 Å². The van der Waals surface area contributed by atoms with Gasteiger partial charge in [-0.1, -0.05) is 0 Å². The second-order valence-corrected chi connectivity index (χ2v) is 4.89. The Morgan fingerprint density at radius 2 is 2.26 bits per heavy atom. The fourth-order valence-corrected chi connectivity index (χ4v) is 2.60. The summed E-state index contributed by atoms with van der Waals surface area (Å²) in [5.41, 5.74) is 1.27. The molecule has 0 radical (unpaired) electrons. The van der Waals surface area contributed by atoms with E-state index in [1.54, 1.807) is 13.8 Å². The number of hydrogen-bond donors (Lipinski definition) is 1. The Bertz CT molecular complexity index is 675. The fourth-order valence-electron chi connectivity index (χ4n) is 1.70. The van der Waals surface area contributed by atoms with E-state index in [2.05, 4.69) is 10.3 Å². The van der Waals surface area contributed by atoms with Gasteiger partial charge in [-0.3, -0.25) is 14.0 Å². The summed E-state index contributed by atoms with van der Waals surface area (Å²) in [7, 11) is 0. The first kappa shape index (κ1) is 13.7. The van der Waals surface area contributed by atoms with E-state index in [1.807, 2.05) is 12.3 Å². The third-order valence-electron chi connectivity index (χ3n) is 2.62. The monoisotopic (exact) mass is 281 g/mol. The van der Waals surface area contributed by atoms with Crippen molar-refractivity contribution in [3.63, 3.8) is 0 Å². The highest BCUT2D eigenvalue weighted by Crippen LogP contribution is 2.15. The SMILES string of the molecule is CCOCC(=O)Nc1c(C)nc2scc(C)n2c1=O. The summed E-state index contributed by atoms with van der Waals surface area (Å²) in [5.74, 6) is -0.350. The number of carbonyl (C=O) groups excluding carboxylic acids is 1. The number of nitrogens with zero attached hydrogens (tertiary/aromatic N) is 2. The lowest BCUT2D eigenvalue weighted by Gasteiger charge is -2.08. The van der Waals surface area contributed by atoms with E-state index in [0.29, 0.717) is 17.3 Å². The van der Waals surface area contributed by atoms with E-state index in [0.717, 1.165) is 5.69 Å². The Hall–Kier alpha value is -1.73. The number of rotatable bonds is 4. The molecule has 1 amide bonds. The minimum atomic E-state index is -0.350. The van der Waals surface area contributed by atoms with Gasteiger partial charge >= 0.3 is 0 Å². The fraction of sp³-hybridized carbons (Fsp3) is 0.417. The molecule has 0 saturated heterocycles. The lowest BCUT2D eigenvalue weighted by Crippen LogP contribution is -2.27. The summed E-state index contributed by atoms with van der Waals surface area (Å²) in [6.07, 6.45) is 0. The summed E-state index contributed by atoms with van der Waals surface area (Å²) in [6.45, 7) is 5.71. The van der Waals surface area contributed by atoms with Crippen LogP contribution < -0.4 is 10.9 Å². The molecule has 19 heavy (non-hydrogen) atoms. The first-order valence-electron chi connectivity index (χ1n) is 5.89. The highest BCUT2D eigenvalue weighted by atomic mass is 32.1. The number of aromatic nitrogens is 2. The number of amides is 1. The van der Waals surface area contributed by atoms with Crippen molar-refractivity contribution in [2.75, 3.05) is 18.5 Å². The van der Waals surface area contributed by atoms with Gasteiger partial charge in [-0.25, -0.2) is 4.98 Å². The van der Waals surface area contributed by atoms with E-state index in [-0.39, 0.29) is 23.8 Å². The average molecular weight is 281 g/mol. The molecule has 0 atom stereocenters. The molecule has 0 aromatic carbocycles. The van der Waals surface area contributed by atoms with Crippen LogP contribution in [0.3, 0.4) is 0 Å². The zero-order valence-corrected chi connectivity index (χ0v) is 11.8. The second kappa shape index (κ2) is 5.50. The molecule has 6 nitrogen and oxygen atoms in total. The Morgan fingerprint density at radius 1 is 1.53 bits per heavy atom. The molecule has 0 fully saturated rings.